The highest BCUT2D eigenvalue weighted by atomic mass is 16.5. The van der Waals surface area contributed by atoms with Crippen LogP contribution in [0.5, 0.6) is 0 Å². The summed E-state index contributed by atoms with van der Waals surface area (Å²) in [5.41, 5.74) is 2.28. The second-order valence-corrected chi connectivity index (χ2v) is 12.1. The molecule has 2 atom stereocenters. The zero-order valence-corrected chi connectivity index (χ0v) is 27.8. The fraction of sp³-hybridized carbons (Fsp3) is 0.714. The van der Waals surface area contributed by atoms with Crippen molar-refractivity contribution >= 4 is 11.9 Å². The van der Waals surface area contributed by atoms with Crippen molar-refractivity contribution in [2.24, 2.45) is 17.8 Å². The Morgan fingerprint density at radius 2 is 1.43 bits per heavy atom. The van der Waals surface area contributed by atoms with Crippen LogP contribution >= 0.6 is 0 Å². The lowest BCUT2D eigenvalue weighted by Gasteiger charge is -2.23. The summed E-state index contributed by atoms with van der Waals surface area (Å²) in [4.78, 5) is 22.3. The number of carboxylic acid groups (broad SMARTS) is 1. The van der Waals surface area contributed by atoms with Gasteiger partial charge >= 0.3 is 11.9 Å². The zero-order valence-electron chi connectivity index (χ0n) is 27.8. The summed E-state index contributed by atoms with van der Waals surface area (Å²) in [5.74, 6) is 1.06. The Bertz CT molecular complexity index is 814. The Balaban J connectivity index is 0. The zero-order chi connectivity index (χ0) is 31.1. The van der Waals surface area contributed by atoms with Crippen LogP contribution in [0.2, 0.25) is 0 Å². The van der Waals surface area contributed by atoms with Crippen LogP contribution in [0.3, 0.4) is 0 Å². The molecule has 232 valence electrons. The highest BCUT2D eigenvalue weighted by Gasteiger charge is 2.16. The van der Waals surface area contributed by atoms with Crippen molar-refractivity contribution in [3.8, 4) is 0 Å². The molecule has 0 aromatic rings. The van der Waals surface area contributed by atoms with Crippen molar-refractivity contribution < 1.29 is 24.2 Å². The Morgan fingerprint density at radius 3 is 1.90 bits per heavy atom. The van der Waals surface area contributed by atoms with Crippen LogP contribution < -0.4 is 0 Å². The van der Waals surface area contributed by atoms with Gasteiger partial charge in [-0.2, -0.15) is 0 Å². The lowest BCUT2D eigenvalue weighted by molar-refractivity contribution is -0.137. The van der Waals surface area contributed by atoms with Gasteiger partial charge in [-0.15, -0.1) is 0 Å². The molecule has 0 saturated heterocycles. The molecule has 0 aromatic heterocycles. The number of rotatable bonds is 19. The predicted molar refractivity (Wildman–Crippen MR) is 170 cm³/mol. The third-order valence-electron chi connectivity index (χ3n) is 7.05. The molecule has 0 saturated carbocycles. The van der Waals surface area contributed by atoms with Crippen LogP contribution in [0.4, 0.5) is 0 Å². The minimum Gasteiger partial charge on any atom is -0.478 e. The van der Waals surface area contributed by atoms with Crippen molar-refractivity contribution in [2.45, 2.75) is 133 Å². The lowest BCUT2D eigenvalue weighted by atomic mass is 9.94. The molecule has 0 heterocycles. The van der Waals surface area contributed by atoms with Gasteiger partial charge in [0.1, 0.15) is 0 Å². The molecule has 0 radical (unpaired) electrons. The molecular weight excluding hydrogens is 500 g/mol. The topological polar surface area (TPSA) is 72.8 Å². The Morgan fingerprint density at radius 1 is 0.875 bits per heavy atom. The average molecular weight is 563 g/mol. The van der Waals surface area contributed by atoms with Crippen LogP contribution in [0, 0.1) is 17.8 Å². The van der Waals surface area contributed by atoms with E-state index in [0.29, 0.717) is 30.4 Å². The first-order valence-electron chi connectivity index (χ1n) is 15.3. The van der Waals surface area contributed by atoms with Gasteiger partial charge in [-0.3, -0.25) is 0 Å². The van der Waals surface area contributed by atoms with Gasteiger partial charge < -0.3 is 14.6 Å². The number of esters is 1. The van der Waals surface area contributed by atoms with E-state index in [-0.39, 0.29) is 11.6 Å². The number of methoxy groups -OCH3 is 1. The molecule has 0 amide bonds. The van der Waals surface area contributed by atoms with E-state index in [0.717, 1.165) is 42.7 Å². The second kappa shape index (κ2) is 23.6. The second-order valence-electron chi connectivity index (χ2n) is 12.1. The summed E-state index contributed by atoms with van der Waals surface area (Å²) in [6, 6.07) is 0. The number of hydrogen-bond acceptors (Lipinski definition) is 4. The first-order valence-corrected chi connectivity index (χ1v) is 15.3. The molecule has 0 aliphatic heterocycles. The molecule has 1 N–H and O–H groups in total. The minimum absolute atomic E-state index is 0.0353. The van der Waals surface area contributed by atoms with Crippen LogP contribution in [0.25, 0.3) is 0 Å². The standard InChI is InChI=1S/C18H32O3.C17H30O2/c1-7-16(17(19)20)15(3)12-8-10-14(2)11-9-13-18(4,5)21-6;1-6-19-17(18)13-16(5)12-8-11-15(4)10-7-9-14(2)3/h8,12,14H,7,9-11,13H2,1-6H3,(H,19,20);8,12-15H,6-7,9-11H2,1-5H3/b12-8+,16-15+;12-8+,16-13+. The fourth-order valence-electron chi connectivity index (χ4n) is 4.17. The van der Waals surface area contributed by atoms with Gasteiger partial charge in [0.25, 0.3) is 0 Å². The Hall–Kier alpha value is -2.14. The van der Waals surface area contributed by atoms with Crippen molar-refractivity contribution in [2.75, 3.05) is 13.7 Å². The third kappa shape index (κ3) is 23.7. The third-order valence-corrected chi connectivity index (χ3v) is 7.05. The number of carbonyl (C=O) groups is 2. The molecule has 0 fully saturated rings. The molecule has 0 rings (SSSR count). The van der Waals surface area contributed by atoms with Crippen LogP contribution in [-0.2, 0) is 19.1 Å². The maximum absolute atomic E-state index is 11.2. The van der Waals surface area contributed by atoms with E-state index in [2.05, 4.69) is 53.7 Å². The predicted octanol–water partition coefficient (Wildman–Crippen LogP) is 9.88. The van der Waals surface area contributed by atoms with E-state index in [9.17, 15) is 9.59 Å². The van der Waals surface area contributed by atoms with Crippen LogP contribution in [0.15, 0.2) is 47.1 Å². The molecule has 40 heavy (non-hydrogen) atoms. The van der Waals surface area contributed by atoms with Crippen molar-refractivity contribution in [1.82, 2.24) is 0 Å². The molecule has 5 heteroatoms. The fourth-order valence-corrected chi connectivity index (χ4v) is 4.17. The number of carbonyl (C=O) groups excluding carboxylic acids is 1. The van der Waals surface area contributed by atoms with Crippen molar-refractivity contribution in [3.63, 3.8) is 0 Å². The van der Waals surface area contributed by atoms with E-state index in [1.165, 1.54) is 25.7 Å². The maximum Gasteiger partial charge on any atom is 0.331 e. The SMILES string of the molecule is CC/C(C(=O)O)=C(C)\C=C\CC(C)CCCC(C)(C)OC.CCOC(=O)/C=C(C)/C=C/CC(C)CCCC(C)C. The van der Waals surface area contributed by atoms with E-state index in [1.807, 2.05) is 39.8 Å². The summed E-state index contributed by atoms with van der Waals surface area (Å²) < 4.78 is 10.3. The Kier molecular flexibility index (Phi) is 23.6. The highest BCUT2D eigenvalue weighted by molar-refractivity contribution is 5.87. The summed E-state index contributed by atoms with van der Waals surface area (Å²) in [7, 11) is 1.76. The van der Waals surface area contributed by atoms with Crippen LogP contribution in [0.1, 0.15) is 127 Å². The molecule has 0 aliphatic rings. The van der Waals surface area contributed by atoms with Crippen LogP contribution in [-0.4, -0.2) is 36.4 Å². The van der Waals surface area contributed by atoms with Gasteiger partial charge in [-0.1, -0.05) is 91.0 Å². The van der Waals surface area contributed by atoms with E-state index in [1.54, 1.807) is 13.2 Å². The van der Waals surface area contributed by atoms with E-state index < -0.39 is 5.97 Å². The number of allylic oxidation sites excluding steroid dienone is 6. The van der Waals surface area contributed by atoms with E-state index in [4.69, 9.17) is 14.6 Å². The number of hydrogen-bond donors (Lipinski definition) is 1. The molecule has 0 bridgehead atoms. The molecule has 2 unspecified atom stereocenters. The van der Waals surface area contributed by atoms with Crippen molar-refractivity contribution in [3.05, 3.63) is 47.1 Å². The van der Waals surface area contributed by atoms with Crippen molar-refractivity contribution in [1.29, 1.82) is 0 Å². The van der Waals surface area contributed by atoms with Gasteiger partial charge in [-0.05, 0) is 89.2 Å². The summed E-state index contributed by atoms with van der Waals surface area (Å²) >= 11 is 0. The van der Waals surface area contributed by atoms with E-state index >= 15 is 0 Å². The quantitative estimate of drug-likeness (QED) is 0.0963. The van der Waals surface area contributed by atoms with Gasteiger partial charge in [0, 0.05) is 18.8 Å². The van der Waals surface area contributed by atoms with Gasteiger partial charge in [0.05, 0.1) is 12.2 Å². The molecule has 0 aromatic carbocycles. The Labute approximate surface area is 247 Å². The molecular formula is C35H62O5. The number of ether oxygens (including phenoxy) is 2. The number of carboxylic acids is 1. The van der Waals surface area contributed by atoms with Gasteiger partial charge in [0.15, 0.2) is 0 Å². The molecule has 0 spiro atoms. The largest absolute Gasteiger partial charge is 0.478 e. The summed E-state index contributed by atoms with van der Waals surface area (Å²) in [6.45, 7) is 21.2. The first-order chi connectivity index (χ1) is 18.7. The lowest BCUT2D eigenvalue weighted by Crippen LogP contribution is -2.22. The minimum atomic E-state index is -0.811. The van der Waals surface area contributed by atoms with Gasteiger partial charge in [0.2, 0.25) is 0 Å². The smallest absolute Gasteiger partial charge is 0.331 e. The molecule has 0 aliphatic carbocycles. The molecule has 5 nitrogen and oxygen atoms in total. The number of aliphatic carboxylic acids is 1. The highest BCUT2D eigenvalue weighted by Crippen LogP contribution is 2.21. The first kappa shape index (κ1) is 40.0. The average Bonchev–Trinajstić information content (AvgIpc) is 2.84. The summed E-state index contributed by atoms with van der Waals surface area (Å²) in [6.07, 6.45) is 19.7. The summed E-state index contributed by atoms with van der Waals surface area (Å²) in [5, 5.41) is 9.06. The normalized spacial score (nSPS) is 14.7. The van der Waals surface area contributed by atoms with Gasteiger partial charge in [-0.25, -0.2) is 9.59 Å². The monoisotopic (exact) mass is 562 g/mol. The maximum atomic E-state index is 11.2.